The number of halogens is 1. The lowest BCUT2D eigenvalue weighted by Crippen LogP contribution is -2.29. The number of ketones is 1. The van der Waals surface area contributed by atoms with Gasteiger partial charge < -0.3 is 15.2 Å². The molecule has 1 aliphatic rings. The standard InChI is InChI=1S/C18H20ClN3O2/c1-12(23)13-9-16(20-11-13)18(24)21-14-5-6-17(15(19)10-14)22-7-3-2-4-8-22/h5-6,9-11,20H,2-4,7-8H2,1H3,(H,21,24). The van der Waals surface area contributed by atoms with Gasteiger partial charge in [0.1, 0.15) is 5.69 Å². The topological polar surface area (TPSA) is 65.2 Å². The minimum Gasteiger partial charge on any atom is -0.370 e. The van der Waals surface area contributed by atoms with E-state index in [-0.39, 0.29) is 11.7 Å². The van der Waals surface area contributed by atoms with E-state index in [1.807, 2.05) is 12.1 Å². The molecule has 0 saturated carbocycles. The third-order valence-electron chi connectivity index (χ3n) is 4.24. The molecule has 0 radical (unpaired) electrons. The molecule has 0 spiro atoms. The van der Waals surface area contributed by atoms with Crippen LogP contribution in [0.25, 0.3) is 0 Å². The van der Waals surface area contributed by atoms with E-state index in [1.165, 1.54) is 32.4 Å². The zero-order valence-electron chi connectivity index (χ0n) is 13.6. The molecule has 2 aromatic rings. The predicted octanol–water partition coefficient (Wildman–Crippen LogP) is 4.11. The monoisotopic (exact) mass is 345 g/mol. The Hall–Kier alpha value is -2.27. The highest BCUT2D eigenvalue weighted by Gasteiger charge is 2.15. The number of H-pyrrole nitrogens is 1. The summed E-state index contributed by atoms with van der Waals surface area (Å²) in [6.07, 6.45) is 5.16. The van der Waals surface area contributed by atoms with Crippen LogP contribution in [0.4, 0.5) is 11.4 Å². The minimum atomic E-state index is -0.302. The third-order valence-corrected chi connectivity index (χ3v) is 4.54. The molecule has 0 aliphatic carbocycles. The van der Waals surface area contributed by atoms with Crippen molar-refractivity contribution in [1.82, 2.24) is 4.98 Å². The fraction of sp³-hybridized carbons (Fsp3) is 0.333. The zero-order valence-corrected chi connectivity index (χ0v) is 14.3. The number of hydrogen-bond acceptors (Lipinski definition) is 3. The molecule has 5 nitrogen and oxygen atoms in total. The molecule has 1 aliphatic heterocycles. The number of amides is 1. The number of anilines is 2. The average molecular weight is 346 g/mol. The SMILES string of the molecule is CC(=O)c1c[nH]c(C(=O)Nc2ccc(N3CCCCC3)c(Cl)c2)c1. The molecule has 1 saturated heterocycles. The largest absolute Gasteiger partial charge is 0.370 e. The highest BCUT2D eigenvalue weighted by Crippen LogP contribution is 2.31. The first-order valence-electron chi connectivity index (χ1n) is 8.10. The van der Waals surface area contributed by atoms with Gasteiger partial charge in [-0.15, -0.1) is 0 Å². The van der Waals surface area contributed by atoms with Crippen LogP contribution in [0.1, 0.15) is 47.0 Å². The van der Waals surface area contributed by atoms with Crippen LogP contribution in [0.2, 0.25) is 5.02 Å². The van der Waals surface area contributed by atoms with Gasteiger partial charge in [0.2, 0.25) is 0 Å². The molecule has 2 N–H and O–H groups in total. The van der Waals surface area contributed by atoms with Crippen molar-refractivity contribution in [1.29, 1.82) is 0 Å². The number of aromatic nitrogens is 1. The summed E-state index contributed by atoms with van der Waals surface area (Å²) in [6, 6.07) is 7.10. The second-order valence-electron chi connectivity index (χ2n) is 6.03. The van der Waals surface area contributed by atoms with Crippen molar-refractivity contribution in [2.45, 2.75) is 26.2 Å². The Kier molecular flexibility index (Phi) is 4.90. The zero-order chi connectivity index (χ0) is 17.1. The molecule has 0 unspecified atom stereocenters. The molecule has 0 atom stereocenters. The summed E-state index contributed by atoms with van der Waals surface area (Å²) in [4.78, 5) is 28.6. The van der Waals surface area contributed by atoms with E-state index >= 15 is 0 Å². The van der Waals surface area contributed by atoms with Crippen LogP contribution in [0.5, 0.6) is 0 Å². The van der Waals surface area contributed by atoms with Gasteiger partial charge in [-0.2, -0.15) is 0 Å². The van der Waals surface area contributed by atoms with Crippen LogP contribution >= 0.6 is 11.6 Å². The van der Waals surface area contributed by atoms with Gasteiger partial charge in [-0.25, -0.2) is 0 Å². The first-order chi connectivity index (χ1) is 11.5. The Morgan fingerprint density at radius 2 is 1.92 bits per heavy atom. The maximum absolute atomic E-state index is 12.2. The third kappa shape index (κ3) is 3.62. The molecule has 1 amide bonds. The molecule has 6 heteroatoms. The molecular weight excluding hydrogens is 326 g/mol. The summed E-state index contributed by atoms with van der Waals surface area (Å²) in [5.74, 6) is -0.386. The average Bonchev–Trinajstić information content (AvgIpc) is 3.06. The summed E-state index contributed by atoms with van der Waals surface area (Å²) in [5.41, 5.74) is 2.47. The van der Waals surface area contributed by atoms with E-state index in [0.29, 0.717) is 22.0 Å². The van der Waals surface area contributed by atoms with Crippen LogP contribution < -0.4 is 10.2 Å². The maximum atomic E-state index is 12.2. The highest BCUT2D eigenvalue weighted by atomic mass is 35.5. The number of carbonyl (C=O) groups is 2. The lowest BCUT2D eigenvalue weighted by Gasteiger charge is -2.29. The Morgan fingerprint density at radius 1 is 1.17 bits per heavy atom. The number of piperidine rings is 1. The van der Waals surface area contributed by atoms with E-state index < -0.39 is 0 Å². The van der Waals surface area contributed by atoms with Crippen LogP contribution in [0, 0.1) is 0 Å². The van der Waals surface area contributed by atoms with Gasteiger partial charge in [0, 0.05) is 30.5 Å². The number of benzene rings is 1. The van der Waals surface area contributed by atoms with Gasteiger partial charge in [-0.05, 0) is 50.5 Å². The molecule has 2 heterocycles. The molecule has 1 fully saturated rings. The molecule has 126 valence electrons. The predicted molar refractivity (Wildman–Crippen MR) is 96.3 cm³/mol. The summed E-state index contributed by atoms with van der Waals surface area (Å²) < 4.78 is 0. The molecule has 24 heavy (non-hydrogen) atoms. The van der Waals surface area contributed by atoms with E-state index in [1.54, 1.807) is 12.1 Å². The van der Waals surface area contributed by atoms with Gasteiger partial charge in [-0.1, -0.05) is 11.6 Å². The van der Waals surface area contributed by atoms with E-state index in [9.17, 15) is 9.59 Å². The number of carbonyl (C=O) groups excluding carboxylic acids is 2. The summed E-state index contributed by atoms with van der Waals surface area (Å²) in [6.45, 7) is 3.49. The molecule has 0 bridgehead atoms. The second kappa shape index (κ2) is 7.09. The van der Waals surface area contributed by atoms with E-state index in [2.05, 4.69) is 15.2 Å². The van der Waals surface area contributed by atoms with Crippen molar-refractivity contribution in [3.8, 4) is 0 Å². The second-order valence-corrected chi connectivity index (χ2v) is 6.43. The van der Waals surface area contributed by atoms with Crippen LogP contribution in [-0.2, 0) is 0 Å². The normalized spacial score (nSPS) is 14.5. The summed E-state index contributed by atoms with van der Waals surface area (Å²) >= 11 is 6.39. The quantitative estimate of drug-likeness (QED) is 0.819. The summed E-state index contributed by atoms with van der Waals surface area (Å²) in [7, 11) is 0. The van der Waals surface area contributed by atoms with Gasteiger partial charge >= 0.3 is 0 Å². The van der Waals surface area contributed by atoms with E-state index in [4.69, 9.17) is 11.6 Å². The van der Waals surface area contributed by atoms with Crippen LogP contribution in [0.3, 0.4) is 0 Å². The van der Waals surface area contributed by atoms with Crippen molar-refractivity contribution < 1.29 is 9.59 Å². The first kappa shape index (κ1) is 16.6. The first-order valence-corrected chi connectivity index (χ1v) is 8.47. The van der Waals surface area contributed by atoms with Crippen molar-refractivity contribution >= 4 is 34.7 Å². The van der Waals surface area contributed by atoms with Crippen molar-refractivity contribution in [2.24, 2.45) is 0 Å². The highest BCUT2D eigenvalue weighted by molar-refractivity contribution is 6.33. The summed E-state index contributed by atoms with van der Waals surface area (Å²) in [5, 5.41) is 3.43. The molecule has 1 aromatic heterocycles. The Bertz CT molecular complexity index is 763. The number of Topliss-reactive ketones (excluding diaryl/α,β-unsaturated/α-hetero) is 1. The van der Waals surface area contributed by atoms with Crippen LogP contribution in [-0.4, -0.2) is 29.8 Å². The lowest BCUT2D eigenvalue weighted by molar-refractivity contribution is 0.101. The van der Waals surface area contributed by atoms with Gasteiger partial charge in [0.15, 0.2) is 5.78 Å². The van der Waals surface area contributed by atoms with Gasteiger partial charge in [0.05, 0.1) is 10.7 Å². The van der Waals surface area contributed by atoms with Crippen molar-refractivity contribution in [3.63, 3.8) is 0 Å². The molecule has 1 aromatic carbocycles. The smallest absolute Gasteiger partial charge is 0.272 e. The number of aromatic amines is 1. The fourth-order valence-corrected chi connectivity index (χ4v) is 3.20. The Morgan fingerprint density at radius 3 is 2.54 bits per heavy atom. The van der Waals surface area contributed by atoms with Crippen molar-refractivity contribution in [3.05, 3.63) is 46.7 Å². The number of nitrogens with zero attached hydrogens (tertiary/aromatic N) is 1. The van der Waals surface area contributed by atoms with E-state index in [0.717, 1.165) is 18.8 Å². The van der Waals surface area contributed by atoms with Gasteiger partial charge in [-0.3, -0.25) is 9.59 Å². The van der Waals surface area contributed by atoms with Crippen molar-refractivity contribution in [2.75, 3.05) is 23.3 Å². The lowest BCUT2D eigenvalue weighted by atomic mass is 10.1. The Labute approximate surface area is 146 Å². The van der Waals surface area contributed by atoms with Gasteiger partial charge in [0.25, 0.3) is 5.91 Å². The van der Waals surface area contributed by atoms with Crippen LogP contribution in [0.15, 0.2) is 30.5 Å². The molecular formula is C18H20ClN3O2. The molecule has 3 rings (SSSR count). The fourth-order valence-electron chi connectivity index (χ4n) is 2.90. The maximum Gasteiger partial charge on any atom is 0.272 e. The number of hydrogen-bond donors (Lipinski definition) is 2. The number of nitrogens with one attached hydrogen (secondary N) is 2. The number of rotatable bonds is 4. The Balaban J connectivity index is 1.71. The minimum absolute atomic E-state index is 0.0840.